The average molecular weight is 410 g/mol. The molecule has 0 aliphatic carbocycles. The van der Waals surface area contributed by atoms with Crippen molar-refractivity contribution < 1.29 is 9.47 Å². The maximum Gasteiger partial charge on any atom is 0.266 e. The topological polar surface area (TPSA) is 69.1 Å². The monoisotopic (exact) mass is 409 g/mol. The second kappa shape index (κ2) is 6.34. The van der Waals surface area contributed by atoms with Gasteiger partial charge in [-0.2, -0.15) is 5.10 Å². The Labute approximate surface area is 150 Å². The van der Waals surface area contributed by atoms with Crippen molar-refractivity contribution in [2.45, 2.75) is 18.9 Å². The molecule has 0 fully saturated rings. The maximum absolute atomic E-state index is 12.7. The summed E-state index contributed by atoms with van der Waals surface area (Å²) < 4.78 is 14.7. The Morgan fingerprint density at radius 3 is 3.21 bits per heavy atom. The molecule has 6 nitrogen and oxygen atoms in total. The summed E-state index contributed by atoms with van der Waals surface area (Å²) in [6, 6.07) is 1.69. The third-order valence-corrected chi connectivity index (χ3v) is 6.03. The molecule has 1 N–H and O–H groups in total. The molecule has 3 aromatic heterocycles. The number of ether oxygens (including phenoxy) is 2. The number of aromatic nitrogens is 3. The van der Waals surface area contributed by atoms with Gasteiger partial charge in [0.1, 0.15) is 14.5 Å². The van der Waals surface area contributed by atoms with Crippen LogP contribution in [0.4, 0.5) is 0 Å². The summed E-state index contributed by atoms with van der Waals surface area (Å²) in [6.45, 7) is 1.07. The van der Waals surface area contributed by atoms with Crippen LogP contribution in [-0.2, 0) is 11.2 Å². The van der Waals surface area contributed by atoms with Crippen LogP contribution in [0.2, 0.25) is 0 Å². The summed E-state index contributed by atoms with van der Waals surface area (Å²) in [6.07, 6.45) is 5.36. The largest absolute Gasteiger partial charge is 0.491 e. The third-order valence-electron chi connectivity index (χ3n) is 4.23. The second-order valence-corrected chi connectivity index (χ2v) is 8.00. The number of halogens is 1. The highest BCUT2D eigenvalue weighted by Gasteiger charge is 2.27. The van der Waals surface area contributed by atoms with Crippen molar-refractivity contribution in [2.24, 2.45) is 0 Å². The molecule has 3 aromatic rings. The lowest BCUT2D eigenvalue weighted by molar-refractivity contribution is 0.162. The van der Waals surface area contributed by atoms with Gasteiger partial charge in [0.25, 0.3) is 5.56 Å². The average Bonchev–Trinajstić information content (AvgIpc) is 3.14. The smallest absolute Gasteiger partial charge is 0.266 e. The number of aryl methyl sites for hydroxylation is 1. The Morgan fingerprint density at radius 2 is 2.46 bits per heavy atom. The van der Waals surface area contributed by atoms with Gasteiger partial charge in [-0.25, -0.2) is 0 Å². The fourth-order valence-electron chi connectivity index (χ4n) is 3.22. The molecule has 0 saturated heterocycles. The highest BCUT2D eigenvalue weighted by Crippen LogP contribution is 2.44. The zero-order chi connectivity index (χ0) is 16.7. The Kier molecular flexibility index (Phi) is 4.19. The van der Waals surface area contributed by atoms with Gasteiger partial charge in [0.2, 0.25) is 0 Å². The molecule has 4 rings (SSSR count). The van der Waals surface area contributed by atoms with E-state index in [0.29, 0.717) is 17.9 Å². The van der Waals surface area contributed by atoms with Gasteiger partial charge in [-0.3, -0.25) is 9.48 Å². The zero-order valence-corrected chi connectivity index (χ0v) is 15.4. The standard InChI is InChI=1S/C16H16BrN3O3S/c1-22-8-10(20-6-3-5-18-20)12-9-4-2-7-23-13-11(9)14(16(21)19-12)24-15(13)17/h3,5-6,10H,2,4,7-8H2,1H3,(H,19,21). The number of nitrogens with one attached hydrogen (secondary N) is 1. The molecule has 0 saturated carbocycles. The predicted octanol–water partition coefficient (Wildman–Crippen LogP) is 3.11. The van der Waals surface area contributed by atoms with Crippen molar-refractivity contribution in [3.8, 4) is 5.75 Å². The summed E-state index contributed by atoms with van der Waals surface area (Å²) in [5, 5.41) is 5.27. The summed E-state index contributed by atoms with van der Waals surface area (Å²) in [7, 11) is 1.65. The highest BCUT2D eigenvalue weighted by atomic mass is 79.9. The van der Waals surface area contributed by atoms with Crippen molar-refractivity contribution >= 4 is 37.4 Å². The van der Waals surface area contributed by atoms with E-state index in [0.717, 1.165) is 39.0 Å². The Balaban J connectivity index is 2.01. The molecule has 8 heteroatoms. The van der Waals surface area contributed by atoms with Crippen LogP contribution in [0.1, 0.15) is 23.7 Å². The molecule has 1 aliphatic rings. The number of methoxy groups -OCH3 is 1. The highest BCUT2D eigenvalue weighted by molar-refractivity contribution is 9.11. The molecule has 24 heavy (non-hydrogen) atoms. The number of pyridine rings is 1. The van der Waals surface area contributed by atoms with E-state index in [1.165, 1.54) is 11.3 Å². The third kappa shape index (κ3) is 2.49. The molecule has 0 spiro atoms. The number of rotatable bonds is 4. The van der Waals surface area contributed by atoms with Gasteiger partial charge in [-0.05, 0) is 40.4 Å². The normalized spacial score (nSPS) is 15.2. The van der Waals surface area contributed by atoms with Crippen molar-refractivity contribution in [3.63, 3.8) is 0 Å². The van der Waals surface area contributed by atoms with Crippen LogP contribution in [0.25, 0.3) is 10.1 Å². The van der Waals surface area contributed by atoms with E-state index in [-0.39, 0.29) is 11.6 Å². The van der Waals surface area contributed by atoms with Crippen molar-refractivity contribution in [3.05, 3.63) is 43.9 Å². The van der Waals surface area contributed by atoms with Gasteiger partial charge in [-0.1, -0.05) is 0 Å². The van der Waals surface area contributed by atoms with E-state index >= 15 is 0 Å². The lowest BCUT2D eigenvalue weighted by Crippen LogP contribution is -2.23. The van der Waals surface area contributed by atoms with Crippen LogP contribution >= 0.6 is 27.3 Å². The molecular weight excluding hydrogens is 394 g/mol. The van der Waals surface area contributed by atoms with E-state index in [9.17, 15) is 4.79 Å². The van der Waals surface area contributed by atoms with Crippen LogP contribution < -0.4 is 10.3 Å². The minimum Gasteiger partial charge on any atom is -0.491 e. The van der Waals surface area contributed by atoms with Crippen LogP contribution in [0.5, 0.6) is 5.75 Å². The first kappa shape index (κ1) is 15.9. The van der Waals surface area contributed by atoms with Crippen LogP contribution in [0.3, 0.4) is 0 Å². The first-order valence-corrected chi connectivity index (χ1v) is 9.29. The maximum atomic E-state index is 12.7. The molecule has 1 atom stereocenters. The molecule has 126 valence electrons. The Morgan fingerprint density at radius 1 is 1.58 bits per heavy atom. The van der Waals surface area contributed by atoms with Gasteiger partial charge in [0.15, 0.2) is 5.75 Å². The predicted molar refractivity (Wildman–Crippen MR) is 96.2 cm³/mol. The van der Waals surface area contributed by atoms with Crippen molar-refractivity contribution in [1.82, 2.24) is 14.8 Å². The van der Waals surface area contributed by atoms with Gasteiger partial charge >= 0.3 is 0 Å². The second-order valence-electron chi connectivity index (χ2n) is 5.66. The van der Waals surface area contributed by atoms with Crippen molar-refractivity contribution in [1.29, 1.82) is 0 Å². The minimum atomic E-state index is -0.179. The van der Waals surface area contributed by atoms with E-state index < -0.39 is 0 Å². The SMILES string of the molecule is COCC(c1[nH]c(=O)c2sc(Br)c3c2c1CCCO3)n1cccn1. The van der Waals surface area contributed by atoms with Crippen LogP contribution in [-0.4, -0.2) is 35.1 Å². The quantitative estimate of drug-likeness (QED) is 0.718. The number of H-pyrrole nitrogens is 1. The summed E-state index contributed by atoms with van der Waals surface area (Å²) >= 11 is 4.96. The molecule has 0 amide bonds. The van der Waals surface area contributed by atoms with Gasteiger partial charge < -0.3 is 14.5 Å². The van der Waals surface area contributed by atoms with Gasteiger partial charge in [0, 0.05) is 30.6 Å². The van der Waals surface area contributed by atoms with E-state index in [2.05, 4.69) is 26.0 Å². The molecule has 0 radical (unpaired) electrons. The first-order chi connectivity index (χ1) is 11.7. The number of hydrogen-bond acceptors (Lipinski definition) is 5. The number of hydrogen-bond donors (Lipinski definition) is 1. The zero-order valence-electron chi connectivity index (χ0n) is 13.0. The summed E-state index contributed by atoms with van der Waals surface area (Å²) in [4.78, 5) is 15.7. The lowest BCUT2D eigenvalue weighted by atomic mass is 10.00. The molecule has 1 unspecified atom stereocenters. The fraction of sp³-hybridized carbons (Fsp3) is 0.375. The molecule has 1 aliphatic heterocycles. The Hall–Kier alpha value is -1.64. The van der Waals surface area contributed by atoms with Crippen molar-refractivity contribution in [2.75, 3.05) is 20.3 Å². The van der Waals surface area contributed by atoms with Crippen LogP contribution in [0.15, 0.2) is 27.0 Å². The Bertz CT molecular complexity index is 932. The van der Waals surface area contributed by atoms with E-state index in [1.54, 1.807) is 13.3 Å². The lowest BCUT2D eigenvalue weighted by Gasteiger charge is -2.20. The molecular formula is C16H16BrN3O3S. The molecule has 0 aromatic carbocycles. The minimum absolute atomic E-state index is 0.0977. The van der Waals surface area contributed by atoms with E-state index in [1.807, 2.05) is 16.9 Å². The first-order valence-electron chi connectivity index (χ1n) is 7.68. The van der Waals surface area contributed by atoms with Crippen LogP contribution in [0, 0.1) is 0 Å². The number of nitrogens with zero attached hydrogens (tertiary/aromatic N) is 2. The number of aromatic amines is 1. The number of thiophene rings is 1. The fourth-order valence-corrected chi connectivity index (χ4v) is 4.92. The van der Waals surface area contributed by atoms with Gasteiger partial charge in [0.05, 0.1) is 13.2 Å². The van der Waals surface area contributed by atoms with Gasteiger partial charge in [-0.15, -0.1) is 11.3 Å². The summed E-state index contributed by atoms with van der Waals surface area (Å²) in [5.74, 6) is 0.784. The molecule has 4 heterocycles. The van der Waals surface area contributed by atoms with E-state index in [4.69, 9.17) is 9.47 Å². The molecule has 0 bridgehead atoms. The summed E-state index contributed by atoms with van der Waals surface area (Å²) in [5.41, 5.74) is 1.88.